The molecule has 1 aromatic carbocycles. The number of anilines is 1. The number of carboxylic acids is 1. The van der Waals surface area contributed by atoms with E-state index in [2.05, 4.69) is 10.1 Å². The molecule has 0 fully saturated rings. The fraction of sp³-hybridized carbons (Fsp3) is 0.350. The van der Waals surface area contributed by atoms with Gasteiger partial charge in [0, 0.05) is 10.4 Å². The van der Waals surface area contributed by atoms with Crippen LogP contribution in [0.25, 0.3) is 0 Å². The summed E-state index contributed by atoms with van der Waals surface area (Å²) in [5.74, 6) is -2.50. The maximum atomic E-state index is 12.9. The molecule has 11 heteroatoms. The minimum absolute atomic E-state index is 0.127. The Hall–Kier alpha value is -2.92. The number of rotatable bonds is 9. The molecule has 1 atom stereocenters. The van der Waals surface area contributed by atoms with Gasteiger partial charge in [-0.05, 0) is 50.7 Å². The number of hydrogen-bond acceptors (Lipinski definition) is 6. The van der Waals surface area contributed by atoms with Crippen LogP contribution in [0.2, 0.25) is 0 Å². The molecular formula is C20H21F3N2O5S. The first-order valence-electron chi connectivity index (χ1n) is 9.17. The van der Waals surface area contributed by atoms with Gasteiger partial charge in [0.05, 0.1) is 12.1 Å². The Morgan fingerprint density at radius 1 is 1.23 bits per heavy atom. The average Bonchev–Trinajstić information content (AvgIpc) is 3.08. The summed E-state index contributed by atoms with van der Waals surface area (Å²) < 4.78 is 40.7. The molecule has 2 aromatic rings. The number of aliphatic carboxylic acids is 1. The number of benzene rings is 1. The Labute approximate surface area is 180 Å². The van der Waals surface area contributed by atoms with E-state index in [1.165, 1.54) is 42.3 Å². The molecule has 0 aliphatic heterocycles. The van der Waals surface area contributed by atoms with E-state index in [1.807, 2.05) is 6.92 Å². The van der Waals surface area contributed by atoms with E-state index in [0.717, 1.165) is 17.0 Å². The van der Waals surface area contributed by atoms with Gasteiger partial charge >= 0.3 is 12.3 Å². The normalized spacial score (nSPS) is 12.5. The Morgan fingerprint density at radius 3 is 2.35 bits per heavy atom. The maximum absolute atomic E-state index is 12.9. The summed E-state index contributed by atoms with van der Waals surface area (Å²) in [4.78, 5) is 38.5. The van der Waals surface area contributed by atoms with E-state index < -0.39 is 35.8 Å². The van der Waals surface area contributed by atoms with Crippen LogP contribution >= 0.6 is 11.3 Å². The lowest BCUT2D eigenvalue weighted by atomic mass is 10.0. The molecule has 0 bridgehead atoms. The molecule has 0 radical (unpaired) electrons. The molecule has 0 saturated heterocycles. The molecule has 0 unspecified atom stereocenters. The van der Waals surface area contributed by atoms with Crippen LogP contribution in [-0.2, 0) is 16.0 Å². The minimum atomic E-state index is -4.84. The lowest BCUT2D eigenvalue weighted by Gasteiger charge is -2.20. The molecule has 2 rings (SSSR count). The summed E-state index contributed by atoms with van der Waals surface area (Å²) in [7, 11) is 1.49. The number of ether oxygens (including phenoxy) is 1. The number of alkyl halides is 3. The standard InChI is InChI=1S/C20H21F3N2O5S/c1-4-14-9-15(17(27)12-5-7-13(8-6-12)30-20(21,22)23)18(31-14)24-16(26)10-25(3)11(2)19(28)29/h5-9,11H,4,10H2,1-3H3,(H,24,26)(H,28,29)/t11-/m0/s1. The van der Waals surface area contributed by atoms with Crippen molar-refractivity contribution < 1.29 is 37.4 Å². The zero-order valence-corrected chi connectivity index (χ0v) is 17.8. The Morgan fingerprint density at radius 2 is 1.84 bits per heavy atom. The van der Waals surface area contributed by atoms with Crippen LogP contribution in [-0.4, -0.2) is 53.7 Å². The van der Waals surface area contributed by atoms with Crippen molar-refractivity contribution in [2.45, 2.75) is 32.7 Å². The van der Waals surface area contributed by atoms with E-state index in [9.17, 15) is 27.6 Å². The van der Waals surface area contributed by atoms with Gasteiger partial charge < -0.3 is 15.2 Å². The molecule has 0 spiro atoms. The topological polar surface area (TPSA) is 95.9 Å². The van der Waals surface area contributed by atoms with Gasteiger partial charge in [0.15, 0.2) is 5.78 Å². The highest BCUT2D eigenvalue weighted by Gasteiger charge is 2.31. The smallest absolute Gasteiger partial charge is 0.480 e. The predicted octanol–water partition coefficient (Wildman–Crippen LogP) is 3.78. The molecular weight excluding hydrogens is 437 g/mol. The van der Waals surface area contributed by atoms with Gasteiger partial charge in [-0.3, -0.25) is 19.3 Å². The zero-order valence-electron chi connectivity index (χ0n) is 16.9. The molecule has 1 amide bonds. The molecule has 1 heterocycles. The van der Waals surface area contributed by atoms with Crippen molar-refractivity contribution in [1.82, 2.24) is 4.90 Å². The highest BCUT2D eigenvalue weighted by atomic mass is 32.1. The largest absolute Gasteiger partial charge is 0.573 e. The predicted molar refractivity (Wildman–Crippen MR) is 109 cm³/mol. The first-order chi connectivity index (χ1) is 14.4. The number of halogens is 3. The number of amides is 1. The number of likely N-dealkylation sites (N-methyl/N-ethyl adjacent to an activating group) is 1. The summed E-state index contributed by atoms with van der Waals surface area (Å²) in [6.45, 7) is 3.11. The minimum Gasteiger partial charge on any atom is -0.480 e. The highest BCUT2D eigenvalue weighted by molar-refractivity contribution is 7.16. The van der Waals surface area contributed by atoms with Crippen LogP contribution in [0.1, 0.15) is 34.6 Å². The van der Waals surface area contributed by atoms with E-state index in [1.54, 1.807) is 6.07 Å². The van der Waals surface area contributed by atoms with Crippen LogP contribution < -0.4 is 10.1 Å². The molecule has 31 heavy (non-hydrogen) atoms. The van der Waals surface area contributed by atoms with Crippen LogP contribution in [0.5, 0.6) is 5.75 Å². The number of nitrogens with zero attached hydrogens (tertiary/aromatic N) is 1. The number of thiophene rings is 1. The van der Waals surface area contributed by atoms with Gasteiger partial charge in [0.1, 0.15) is 16.8 Å². The lowest BCUT2D eigenvalue weighted by Crippen LogP contribution is -2.40. The van der Waals surface area contributed by atoms with E-state index in [-0.39, 0.29) is 17.7 Å². The van der Waals surface area contributed by atoms with Gasteiger partial charge in [-0.15, -0.1) is 24.5 Å². The number of carbonyl (C=O) groups excluding carboxylic acids is 2. The molecule has 0 aliphatic rings. The van der Waals surface area contributed by atoms with Crippen LogP contribution in [0.15, 0.2) is 30.3 Å². The number of aryl methyl sites for hydroxylation is 1. The maximum Gasteiger partial charge on any atom is 0.573 e. The molecule has 2 N–H and O–H groups in total. The molecule has 168 valence electrons. The summed E-state index contributed by atoms with van der Waals surface area (Å²) >= 11 is 1.20. The first-order valence-corrected chi connectivity index (χ1v) is 9.99. The van der Waals surface area contributed by atoms with Gasteiger partial charge in [0.25, 0.3) is 0 Å². The first kappa shape index (κ1) is 24.4. The highest BCUT2D eigenvalue weighted by Crippen LogP contribution is 2.31. The number of hydrogen-bond donors (Lipinski definition) is 2. The monoisotopic (exact) mass is 458 g/mol. The molecule has 7 nitrogen and oxygen atoms in total. The van der Waals surface area contributed by atoms with Crippen molar-refractivity contribution in [3.8, 4) is 5.75 Å². The van der Waals surface area contributed by atoms with E-state index in [0.29, 0.717) is 11.4 Å². The van der Waals surface area contributed by atoms with Gasteiger partial charge in [-0.1, -0.05) is 6.92 Å². The fourth-order valence-electron chi connectivity index (χ4n) is 2.56. The Balaban J connectivity index is 2.20. The fourth-order valence-corrected chi connectivity index (χ4v) is 3.57. The quantitative estimate of drug-likeness (QED) is 0.556. The van der Waals surface area contributed by atoms with Crippen molar-refractivity contribution in [1.29, 1.82) is 0 Å². The van der Waals surface area contributed by atoms with E-state index >= 15 is 0 Å². The lowest BCUT2D eigenvalue weighted by molar-refractivity contribution is -0.274. The van der Waals surface area contributed by atoms with E-state index in [4.69, 9.17) is 5.11 Å². The molecule has 0 aliphatic carbocycles. The summed E-state index contributed by atoms with van der Waals surface area (Å²) in [6, 6.07) is 5.23. The molecule has 0 saturated carbocycles. The number of ketones is 1. The van der Waals surface area contributed by atoms with Crippen molar-refractivity contribution >= 4 is 34.0 Å². The third kappa shape index (κ3) is 6.79. The second-order valence-electron chi connectivity index (χ2n) is 6.69. The van der Waals surface area contributed by atoms with Crippen molar-refractivity contribution in [3.63, 3.8) is 0 Å². The van der Waals surface area contributed by atoms with Gasteiger partial charge in [0.2, 0.25) is 5.91 Å². The van der Waals surface area contributed by atoms with Crippen LogP contribution in [0.3, 0.4) is 0 Å². The number of carbonyl (C=O) groups is 3. The van der Waals surface area contributed by atoms with Crippen LogP contribution in [0, 0.1) is 0 Å². The second kappa shape index (κ2) is 9.92. The van der Waals surface area contributed by atoms with Crippen molar-refractivity contribution in [3.05, 3.63) is 46.3 Å². The zero-order chi connectivity index (χ0) is 23.3. The summed E-state index contributed by atoms with van der Waals surface area (Å²) in [5, 5.41) is 12.0. The average molecular weight is 458 g/mol. The summed E-state index contributed by atoms with van der Waals surface area (Å²) in [5.41, 5.74) is 0.329. The van der Waals surface area contributed by atoms with Gasteiger partial charge in [-0.25, -0.2) is 0 Å². The van der Waals surface area contributed by atoms with Crippen molar-refractivity contribution in [2.75, 3.05) is 18.9 Å². The van der Waals surface area contributed by atoms with Crippen LogP contribution in [0.4, 0.5) is 18.2 Å². The Kier molecular flexibility index (Phi) is 7.80. The van der Waals surface area contributed by atoms with Gasteiger partial charge in [-0.2, -0.15) is 0 Å². The Bertz CT molecular complexity index is 957. The number of nitrogens with one attached hydrogen (secondary N) is 1. The third-order valence-electron chi connectivity index (χ3n) is 4.39. The second-order valence-corrected chi connectivity index (χ2v) is 7.82. The SMILES string of the molecule is CCc1cc(C(=O)c2ccc(OC(F)(F)F)cc2)c(NC(=O)CN(C)[C@@H](C)C(=O)O)s1. The third-order valence-corrected chi connectivity index (χ3v) is 5.59. The summed E-state index contributed by atoms with van der Waals surface area (Å²) in [6.07, 6.45) is -4.23. The molecule has 1 aromatic heterocycles. The van der Waals surface area contributed by atoms with Crippen molar-refractivity contribution in [2.24, 2.45) is 0 Å². The number of carboxylic acid groups (broad SMARTS) is 1.